The Labute approximate surface area is 165 Å². The van der Waals surface area contributed by atoms with Gasteiger partial charge in [0.25, 0.3) is 0 Å². The predicted octanol–water partition coefficient (Wildman–Crippen LogP) is 2.34. The number of nitrogens with zero attached hydrogens (tertiary/aromatic N) is 3. The molecule has 0 radical (unpaired) electrons. The van der Waals surface area contributed by atoms with Gasteiger partial charge in [0, 0.05) is 44.0 Å². The van der Waals surface area contributed by atoms with Gasteiger partial charge in [-0.05, 0) is 12.1 Å². The largest absolute Gasteiger partial charge is 0.493 e. The van der Waals surface area contributed by atoms with Crippen molar-refractivity contribution in [2.75, 3.05) is 57.2 Å². The first-order chi connectivity index (χ1) is 13.6. The van der Waals surface area contributed by atoms with Gasteiger partial charge in [-0.15, -0.1) is 0 Å². The van der Waals surface area contributed by atoms with Gasteiger partial charge < -0.3 is 19.7 Å². The zero-order valence-corrected chi connectivity index (χ0v) is 16.1. The summed E-state index contributed by atoms with van der Waals surface area (Å²) in [5.41, 5.74) is 1.96. The topological polar surface area (TPSA) is 77.8 Å². The highest BCUT2D eigenvalue weighted by atomic mass is 16.5. The van der Waals surface area contributed by atoms with Crippen LogP contribution in [0, 0.1) is 11.3 Å². The average Bonchev–Trinajstić information content (AvgIpc) is 2.74. The quantitative estimate of drug-likeness (QED) is 0.829. The number of carbonyl (C=O) groups is 1. The Morgan fingerprint density at radius 1 is 1.07 bits per heavy atom. The van der Waals surface area contributed by atoms with Gasteiger partial charge in [0.1, 0.15) is 6.07 Å². The van der Waals surface area contributed by atoms with Crippen LogP contribution in [-0.4, -0.2) is 57.8 Å². The molecule has 1 amide bonds. The summed E-state index contributed by atoms with van der Waals surface area (Å²) < 4.78 is 10.5. The van der Waals surface area contributed by atoms with Gasteiger partial charge in [-0.2, -0.15) is 5.26 Å². The summed E-state index contributed by atoms with van der Waals surface area (Å²) in [4.78, 5) is 16.9. The Kier molecular flexibility index (Phi) is 6.35. The van der Waals surface area contributed by atoms with Gasteiger partial charge in [-0.25, -0.2) is 0 Å². The van der Waals surface area contributed by atoms with Crippen LogP contribution in [0.1, 0.15) is 5.56 Å². The summed E-state index contributed by atoms with van der Waals surface area (Å²) in [6.45, 7) is 3.63. The lowest BCUT2D eigenvalue weighted by Gasteiger charge is -2.35. The fraction of sp³-hybridized carbons (Fsp3) is 0.333. The first-order valence-electron chi connectivity index (χ1n) is 9.13. The number of amides is 1. The minimum Gasteiger partial charge on any atom is -0.493 e. The van der Waals surface area contributed by atoms with Crippen LogP contribution in [0.15, 0.2) is 42.5 Å². The van der Waals surface area contributed by atoms with E-state index >= 15 is 0 Å². The molecule has 0 atom stereocenters. The molecule has 1 N–H and O–H groups in total. The molecule has 1 aliphatic heterocycles. The number of benzene rings is 2. The molecule has 1 heterocycles. The molecule has 2 aromatic rings. The molecule has 7 nitrogen and oxygen atoms in total. The van der Waals surface area contributed by atoms with Crippen LogP contribution in [0.3, 0.4) is 0 Å². The van der Waals surface area contributed by atoms with Crippen LogP contribution in [0.5, 0.6) is 11.5 Å². The standard InChI is InChI=1S/C21H24N4O3/c1-27-19-12-16(14-22)18(13-20(19)28-2)23-21(26)15-24-8-10-25(11-9-24)17-6-4-3-5-7-17/h3-7,12-13H,8-11,15H2,1-2H3,(H,23,26). The second-order valence-corrected chi connectivity index (χ2v) is 6.51. The summed E-state index contributed by atoms with van der Waals surface area (Å²) in [6, 6.07) is 15.5. The second kappa shape index (κ2) is 9.11. The number of ether oxygens (including phenoxy) is 2. The number of piperazine rings is 1. The molecule has 3 rings (SSSR count). The van der Waals surface area contributed by atoms with Gasteiger partial charge in [0.15, 0.2) is 11.5 Å². The molecule has 0 unspecified atom stereocenters. The minimum atomic E-state index is -0.156. The molecule has 28 heavy (non-hydrogen) atoms. The van der Waals surface area contributed by atoms with Crippen molar-refractivity contribution in [2.45, 2.75) is 0 Å². The van der Waals surface area contributed by atoms with Crippen molar-refractivity contribution in [3.05, 3.63) is 48.0 Å². The van der Waals surface area contributed by atoms with E-state index in [0.717, 1.165) is 26.2 Å². The van der Waals surface area contributed by atoms with Crippen molar-refractivity contribution in [1.82, 2.24) is 4.90 Å². The predicted molar refractivity (Wildman–Crippen MR) is 108 cm³/mol. The fourth-order valence-electron chi connectivity index (χ4n) is 3.27. The van der Waals surface area contributed by atoms with Crippen LogP contribution in [-0.2, 0) is 4.79 Å². The van der Waals surface area contributed by atoms with E-state index in [1.165, 1.54) is 19.9 Å². The first kappa shape index (κ1) is 19.5. The highest BCUT2D eigenvalue weighted by Gasteiger charge is 2.20. The number of nitriles is 1. The lowest BCUT2D eigenvalue weighted by atomic mass is 10.1. The van der Waals surface area contributed by atoms with Crippen molar-refractivity contribution < 1.29 is 14.3 Å². The van der Waals surface area contributed by atoms with Gasteiger partial charge in [0.2, 0.25) is 5.91 Å². The minimum absolute atomic E-state index is 0.156. The van der Waals surface area contributed by atoms with Crippen molar-refractivity contribution >= 4 is 17.3 Å². The summed E-state index contributed by atoms with van der Waals surface area (Å²) >= 11 is 0. The number of hydrogen-bond donors (Lipinski definition) is 1. The number of methoxy groups -OCH3 is 2. The van der Waals surface area contributed by atoms with Crippen LogP contribution >= 0.6 is 0 Å². The summed E-state index contributed by atoms with van der Waals surface area (Å²) in [7, 11) is 3.02. The SMILES string of the molecule is COc1cc(C#N)c(NC(=O)CN2CCN(c3ccccc3)CC2)cc1OC. The molecule has 0 saturated carbocycles. The van der Waals surface area contributed by atoms with Crippen molar-refractivity contribution in [3.8, 4) is 17.6 Å². The van der Waals surface area contributed by atoms with Crippen LogP contribution in [0.2, 0.25) is 0 Å². The molecule has 1 saturated heterocycles. The monoisotopic (exact) mass is 380 g/mol. The highest BCUT2D eigenvalue weighted by molar-refractivity contribution is 5.94. The van der Waals surface area contributed by atoms with E-state index < -0.39 is 0 Å². The third-order valence-electron chi connectivity index (χ3n) is 4.78. The van der Waals surface area contributed by atoms with Crippen LogP contribution < -0.4 is 19.7 Å². The number of nitrogens with one attached hydrogen (secondary N) is 1. The molecule has 146 valence electrons. The summed E-state index contributed by atoms with van der Waals surface area (Å²) in [5.74, 6) is 0.763. The van der Waals surface area contributed by atoms with E-state index in [0.29, 0.717) is 22.7 Å². The van der Waals surface area contributed by atoms with E-state index in [1.54, 1.807) is 12.1 Å². The van der Waals surface area contributed by atoms with Crippen LogP contribution in [0.4, 0.5) is 11.4 Å². The molecule has 0 spiro atoms. The average molecular weight is 380 g/mol. The normalized spacial score (nSPS) is 14.2. The van der Waals surface area contributed by atoms with E-state index in [9.17, 15) is 10.1 Å². The van der Waals surface area contributed by atoms with Gasteiger partial charge in [-0.1, -0.05) is 18.2 Å². The highest BCUT2D eigenvalue weighted by Crippen LogP contribution is 2.33. The fourth-order valence-corrected chi connectivity index (χ4v) is 3.27. The van der Waals surface area contributed by atoms with Crippen LogP contribution in [0.25, 0.3) is 0 Å². The zero-order chi connectivity index (χ0) is 19.9. The Morgan fingerprint density at radius 2 is 1.71 bits per heavy atom. The molecule has 0 aromatic heterocycles. The smallest absolute Gasteiger partial charge is 0.238 e. The molecule has 0 aliphatic carbocycles. The van der Waals surface area contributed by atoms with E-state index in [2.05, 4.69) is 33.3 Å². The molecule has 1 fully saturated rings. The number of hydrogen-bond acceptors (Lipinski definition) is 6. The third-order valence-corrected chi connectivity index (χ3v) is 4.78. The van der Waals surface area contributed by atoms with E-state index in [-0.39, 0.29) is 12.5 Å². The number of rotatable bonds is 6. The zero-order valence-electron chi connectivity index (χ0n) is 16.1. The van der Waals surface area contributed by atoms with Crippen molar-refractivity contribution in [1.29, 1.82) is 5.26 Å². The number of anilines is 2. The Morgan fingerprint density at radius 3 is 2.32 bits per heavy atom. The molecular weight excluding hydrogens is 356 g/mol. The van der Waals surface area contributed by atoms with Crippen molar-refractivity contribution in [3.63, 3.8) is 0 Å². The molecular formula is C21H24N4O3. The summed E-state index contributed by atoms with van der Waals surface area (Å²) in [6.07, 6.45) is 0. The molecule has 0 bridgehead atoms. The molecule has 1 aliphatic rings. The first-order valence-corrected chi connectivity index (χ1v) is 9.13. The van der Waals surface area contributed by atoms with E-state index in [1.807, 2.05) is 18.2 Å². The van der Waals surface area contributed by atoms with E-state index in [4.69, 9.17) is 9.47 Å². The maximum atomic E-state index is 12.5. The molecule has 2 aromatic carbocycles. The lowest BCUT2D eigenvalue weighted by molar-refractivity contribution is -0.117. The van der Waals surface area contributed by atoms with Gasteiger partial charge in [0.05, 0.1) is 32.0 Å². The Balaban J connectivity index is 1.59. The van der Waals surface area contributed by atoms with Gasteiger partial charge >= 0.3 is 0 Å². The number of para-hydroxylation sites is 1. The second-order valence-electron chi connectivity index (χ2n) is 6.51. The Bertz CT molecular complexity index is 856. The van der Waals surface area contributed by atoms with Crippen molar-refractivity contribution in [2.24, 2.45) is 0 Å². The maximum absolute atomic E-state index is 12.5. The lowest BCUT2D eigenvalue weighted by Crippen LogP contribution is -2.48. The molecule has 7 heteroatoms. The maximum Gasteiger partial charge on any atom is 0.238 e. The third kappa shape index (κ3) is 4.53. The Hall–Kier alpha value is -3.24. The summed E-state index contributed by atoms with van der Waals surface area (Å²) in [5, 5.41) is 12.2. The van der Waals surface area contributed by atoms with Gasteiger partial charge in [-0.3, -0.25) is 9.69 Å². The number of carbonyl (C=O) groups excluding carboxylic acids is 1.